The van der Waals surface area contributed by atoms with E-state index in [1.165, 1.54) is 22.1 Å². The fraction of sp³-hybridized carbons (Fsp3) is 0.647. The molecular formula is C17H28BrN3. The molecule has 2 unspecified atom stereocenters. The predicted octanol–water partition coefficient (Wildman–Crippen LogP) is 3.34. The number of hydrogen-bond acceptors (Lipinski definition) is 3. The van der Waals surface area contributed by atoms with E-state index in [4.69, 9.17) is 0 Å². The fourth-order valence-electron chi connectivity index (χ4n) is 3.14. The van der Waals surface area contributed by atoms with Gasteiger partial charge in [-0.25, -0.2) is 0 Å². The van der Waals surface area contributed by atoms with E-state index >= 15 is 0 Å². The zero-order valence-electron chi connectivity index (χ0n) is 13.7. The van der Waals surface area contributed by atoms with E-state index in [-0.39, 0.29) is 0 Å². The smallest absolute Gasteiger partial charge is 0.0511 e. The normalized spacial score (nSPS) is 22.3. The van der Waals surface area contributed by atoms with Crippen molar-refractivity contribution in [3.05, 3.63) is 28.2 Å². The van der Waals surface area contributed by atoms with Crippen molar-refractivity contribution in [2.24, 2.45) is 5.92 Å². The molecular weight excluding hydrogens is 326 g/mol. The Morgan fingerprint density at radius 3 is 2.67 bits per heavy atom. The molecule has 0 amide bonds. The van der Waals surface area contributed by atoms with Crippen LogP contribution < -0.4 is 10.2 Å². The van der Waals surface area contributed by atoms with Gasteiger partial charge in [0.2, 0.25) is 0 Å². The molecule has 1 heterocycles. The lowest BCUT2D eigenvalue weighted by Gasteiger charge is -2.23. The first-order valence-corrected chi connectivity index (χ1v) is 8.72. The molecule has 21 heavy (non-hydrogen) atoms. The highest BCUT2D eigenvalue weighted by molar-refractivity contribution is 9.10. The van der Waals surface area contributed by atoms with E-state index < -0.39 is 0 Å². The Morgan fingerprint density at radius 1 is 1.33 bits per heavy atom. The Labute approximate surface area is 137 Å². The molecule has 0 bridgehead atoms. The van der Waals surface area contributed by atoms with Crippen LogP contribution in [0.15, 0.2) is 22.7 Å². The van der Waals surface area contributed by atoms with Crippen LogP contribution in [-0.4, -0.2) is 44.7 Å². The first-order valence-electron chi connectivity index (χ1n) is 7.93. The number of anilines is 1. The van der Waals surface area contributed by atoms with Crippen molar-refractivity contribution in [2.75, 3.05) is 38.6 Å². The van der Waals surface area contributed by atoms with E-state index in [0.717, 1.165) is 26.2 Å². The van der Waals surface area contributed by atoms with Crippen molar-refractivity contribution in [2.45, 2.75) is 32.9 Å². The summed E-state index contributed by atoms with van der Waals surface area (Å²) in [6.07, 6.45) is 1.18. The van der Waals surface area contributed by atoms with Crippen molar-refractivity contribution in [3.63, 3.8) is 0 Å². The molecule has 118 valence electrons. The van der Waals surface area contributed by atoms with Crippen molar-refractivity contribution in [1.82, 2.24) is 10.2 Å². The summed E-state index contributed by atoms with van der Waals surface area (Å²) >= 11 is 3.76. The molecule has 1 aromatic rings. The van der Waals surface area contributed by atoms with Gasteiger partial charge in [-0.1, -0.05) is 19.9 Å². The number of hydrogen-bond donors (Lipinski definition) is 1. The van der Waals surface area contributed by atoms with E-state index in [0.29, 0.717) is 12.0 Å². The molecule has 1 fully saturated rings. The molecule has 0 saturated carbocycles. The molecule has 1 aliphatic heterocycles. The standard InChI is InChI=1S/C17H28BrN3/c1-5-8-19-10-14-6-7-16(15(18)9-14)21-11-13(2)17(12-21)20(3)4/h6-7,9,13,17,19H,5,8,10-12H2,1-4H3. The van der Waals surface area contributed by atoms with Crippen LogP contribution in [0.25, 0.3) is 0 Å². The van der Waals surface area contributed by atoms with Crippen molar-refractivity contribution in [3.8, 4) is 0 Å². The van der Waals surface area contributed by atoms with Gasteiger partial charge in [-0.15, -0.1) is 0 Å². The molecule has 0 spiro atoms. The Balaban J connectivity index is 2.04. The quantitative estimate of drug-likeness (QED) is 0.791. The van der Waals surface area contributed by atoms with Crippen LogP contribution in [0.2, 0.25) is 0 Å². The number of nitrogens with one attached hydrogen (secondary N) is 1. The first kappa shape index (κ1) is 16.8. The Bertz CT molecular complexity index is 461. The monoisotopic (exact) mass is 353 g/mol. The zero-order chi connectivity index (χ0) is 15.4. The molecule has 2 atom stereocenters. The average Bonchev–Trinajstić information content (AvgIpc) is 2.81. The largest absolute Gasteiger partial charge is 0.369 e. The fourth-order valence-corrected chi connectivity index (χ4v) is 3.82. The third-order valence-corrected chi connectivity index (χ3v) is 4.98. The number of rotatable bonds is 6. The first-order chi connectivity index (χ1) is 10.0. The highest BCUT2D eigenvalue weighted by atomic mass is 79.9. The van der Waals surface area contributed by atoms with E-state index in [2.05, 4.69) is 77.2 Å². The SMILES string of the molecule is CCCNCc1ccc(N2CC(C)C(N(C)C)C2)c(Br)c1. The summed E-state index contributed by atoms with van der Waals surface area (Å²) in [5.74, 6) is 0.706. The molecule has 4 heteroatoms. The number of likely N-dealkylation sites (N-methyl/N-ethyl adjacent to an activating group) is 1. The van der Waals surface area contributed by atoms with Gasteiger partial charge in [0.1, 0.15) is 0 Å². The van der Waals surface area contributed by atoms with Crippen molar-refractivity contribution >= 4 is 21.6 Å². The summed E-state index contributed by atoms with van der Waals surface area (Å²) in [6, 6.07) is 7.41. The molecule has 1 aromatic carbocycles. The maximum Gasteiger partial charge on any atom is 0.0511 e. The lowest BCUT2D eigenvalue weighted by atomic mass is 10.1. The maximum absolute atomic E-state index is 3.76. The predicted molar refractivity (Wildman–Crippen MR) is 95.0 cm³/mol. The van der Waals surface area contributed by atoms with Crippen LogP contribution in [0.3, 0.4) is 0 Å². The second kappa shape index (κ2) is 7.61. The van der Waals surface area contributed by atoms with Gasteiger partial charge >= 0.3 is 0 Å². The molecule has 1 N–H and O–H groups in total. The molecule has 1 saturated heterocycles. The third kappa shape index (κ3) is 4.21. The molecule has 1 aliphatic rings. The molecule has 2 rings (SSSR count). The van der Waals surface area contributed by atoms with Gasteiger partial charge in [-0.3, -0.25) is 0 Å². The number of benzene rings is 1. The van der Waals surface area contributed by atoms with Crippen LogP contribution in [-0.2, 0) is 6.54 Å². The highest BCUT2D eigenvalue weighted by Gasteiger charge is 2.31. The summed E-state index contributed by atoms with van der Waals surface area (Å²) in [5.41, 5.74) is 2.67. The summed E-state index contributed by atoms with van der Waals surface area (Å²) in [5, 5.41) is 3.46. The van der Waals surface area contributed by atoms with Crippen molar-refractivity contribution in [1.29, 1.82) is 0 Å². The third-order valence-electron chi connectivity index (χ3n) is 4.34. The van der Waals surface area contributed by atoms with Crippen molar-refractivity contribution < 1.29 is 0 Å². The minimum atomic E-state index is 0.641. The van der Waals surface area contributed by atoms with Gasteiger partial charge in [-0.05, 0) is 66.6 Å². The summed E-state index contributed by atoms with van der Waals surface area (Å²) in [4.78, 5) is 4.85. The van der Waals surface area contributed by atoms with Crippen LogP contribution in [0, 0.1) is 5.92 Å². The van der Waals surface area contributed by atoms with Gasteiger partial charge < -0.3 is 15.1 Å². The Morgan fingerprint density at radius 2 is 2.10 bits per heavy atom. The van der Waals surface area contributed by atoms with Gasteiger partial charge in [-0.2, -0.15) is 0 Å². The maximum atomic E-state index is 3.76. The summed E-state index contributed by atoms with van der Waals surface area (Å²) in [6.45, 7) is 8.81. The van der Waals surface area contributed by atoms with Crippen LogP contribution in [0.5, 0.6) is 0 Å². The van der Waals surface area contributed by atoms with Gasteiger partial charge in [0.15, 0.2) is 0 Å². The number of nitrogens with zero attached hydrogens (tertiary/aromatic N) is 2. The van der Waals surface area contributed by atoms with E-state index in [9.17, 15) is 0 Å². The summed E-state index contributed by atoms with van der Waals surface area (Å²) < 4.78 is 1.21. The van der Waals surface area contributed by atoms with Gasteiger partial charge in [0.25, 0.3) is 0 Å². The lowest BCUT2D eigenvalue weighted by Crippen LogP contribution is -2.34. The van der Waals surface area contributed by atoms with Gasteiger partial charge in [0, 0.05) is 30.1 Å². The Kier molecular flexibility index (Phi) is 6.08. The second-order valence-corrected chi connectivity index (χ2v) is 7.23. The zero-order valence-corrected chi connectivity index (χ0v) is 15.3. The van der Waals surface area contributed by atoms with Crippen LogP contribution in [0.4, 0.5) is 5.69 Å². The molecule has 0 aliphatic carbocycles. The molecule has 0 aromatic heterocycles. The molecule has 3 nitrogen and oxygen atoms in total. The van der Waals surface area contributed by atoms with Crippen LogP contribution in [0.1, 0.15) is 25.8 Å². The minimum Gasteiger partial charge on any atom is -0.369 e. The summed E-state index contributed by atoms with van der Waals surface area (Å²) in [7, 11) is 4.37. The number of halogens is 1. The van der Waals surface area contributed by atoms with E-state index in [1.807, 2.05) is 0 Å². The molecule has 0 radical (unpaired) electrons. The topological polar surface area (TPSA) is 18.5 Å². The minimum absolute atomic E-state index is 0.641. The average molecular weight is 354 g/mol. The lowest BCUT2D eigenvalue weighted by molar-refractivity contribution is 0.266. The Hall–Kier alpha value is -0.580. The van der Waals surface area contributed by atoms with Gasteiger partial charge in [0.05, 0.1) is 5.69 Å². The van der Waals surface area contributed by atoms with E-state index in [1.54, 1.807) is 0 Å². The van der Waals surface area contributed by atoms with Crippen LogP contribution >= 0.6 is 15.9 Å². The highest BCUT2D eigenvalue weighted by Crippen LogP contribution is 2.32. The second-order valence-electron chi connectivity index (χ2n) is 6.38.